The summed E-state index contributed by atoms with van der Waals surface area (Å²) in [6.45, 7) is 5.24. The monoisotopic (exact) mass is 271 g/mol. The van der Waals surface area contributed by atoms with E-state index in [1.807, 2.05) is 25.2 Å². The van der Waals surface area contributed by atoms with Gasteiger partial charge in [0.25, 0.3) is 0 Å². The SMILES string of the molecule is C=C(CNC)c1cccc(COc2ccc(F)cc2)c1. The third-order valence-electron chi connectivity index (χ3n) is 2.94. The van der Waals surface area contributed by atoms with Gasteiger partial charge in [-0.05, 0) is 54.1 Å². The van der Waals surface area contributed by atoms with Crippen molar-refractivity contribution in [3.8, 4) is 5.75 Å². The minimum Gasteiger partial charge on any atom is -0.489 e. The summed E-state index contributed by atoms with van der Waals surface area (Å²) in [5.74, 6) is 0.397. The highest BCUT2D eigenvalue weighted by Gasteiger charge is 2.01. The molecule has 20 heavy (non-hydrogen) atoms. The molecule has 0 atom stereocenters. The maximum Gasteiger partial charge on any atom is 0.123 e. The second-order valence-corrected chi connectivity index (χ2v) is 4.58. The molecule has 0 bridgehead atoms. The van der Waals surface area contributed by atoms with Gasteiger partial charge in [0.15, 0.2) is 0 Å². The van der Waals surface area contributed by atoms with E-state index >= 15 is 0 Å². The maximum atomic E-state index is 12.8. The minimum absolute atomic E-state index is 0.261. The van der Waals surface area contributed by atoms with Crippen LogP contribution in [-0.4, -0.2) is 13.6 Å². The van der Waals surface area contributed by atoms with E-state index in [0.29, 0.717) is 12.4 Å². The van der Waals surface area contributed by atoms with Crippen molar-refractivity contribution >= 4 is 5.57 Å². The molecule has 2 nitrogen and oxygen atoms in total. The lowest BCUT2D eigenvalue weighted by Crippen LogP contribution is -2.09. The van der Waals surface area contributed by atoms with Gasteiger partial charge in [-0.15, -0.1) is 0 Å². The van der Waals surface area contributed by atoms with Gasteiger partial charge in [-0.1, -0.05) is 24.8 Å². The largest absolute Gasteiger partial charge is 0.489 e. The van der Waals surface area contributed by atoms with Crippen LogP contribution in [0.2, 0.25) is 0 Å². The zero-order valence-corrected chi connectivity index (χ0v) is 11.5. The second kappa shape index (κ2) is 6.87. The van der Waals surface area contributed by atoms with Gasteiger partial charge in [0.1, 0.15) is 18.2 Å². The predicted molar refractivity (Wildman–Crippen MR) is 80.1 cm³/mol. The van der Waals surface area contributed by atoms with Crippen molar-refractivity contribution < 1.29 is 9.13 Å². The van der Waals surface area contributed by atoms with E-state index in [1.54, 1.807) is 12.1 Å². The van der Waals surface area contributed by atoms with Crippen LogP contribution >= 0.6 is 0 Å². The van der Waals surface area contributed by atoms with Gasteiger partial charge in [-0.2, -0.15) is 0 Å². The van der Waals surface area contributed by atoms with Gasteiger partial charge < -0.3 is 10.1 Å². The fourth-order valence-electron chi connectivity index (χ4n) is 1.89. The number of likely N-dealkylation sites (N-methyl/N-ethyl adjacent to an activating group) is 1. The topological polar surface area (TPSA) is 21.3 Å². The fourth-order valence-corrected chi connectivity index (χ4v) is 1.89. The van der Waals surface area contributed by atoms with Crippen molar-refractivity contribution in [2.45, 2.75) is 6.61 Å². The molecule has 0 fully saturated rings. The highest BCUT2D eigenvalue weighted by molar-refractivity contribution is 5.65. The van der Waals surface area contributed by atoms with E-state index in [2.05, 4.69) is 18.0 Å². The van der Waals surface area contributed by atoms with Crippen LogP contribution in [0.1, 0.15) is 11.1 Å². The zero-order valence-electron chi connectivity index (χ0n) is 11.5. The molecule has 0 aromatic heterocycles. The van der Waals surface area contributed by atoms with Gasteiger partial charge in [-0.3, -0.25) is 0 Å². The molecule has 3 heteroatoms. The number of ether oxygens (including phenoxy) is 1. The molecule has 104 valence electrons. The highest BCUT2D eigenvalue weighted by Crippen LogP contribution is 2.17. The Balaban J connectivity index is 2.01. The predicted octanol–water partition coefficient (Wildman–Crippen LogP) is 3.64. The molecular formula is C17H18FNO. The highest BCUT2D eigenvalue weighted by atomic mass is 19.1. The van der Waals surface area contributed by atoms with Crippen LogP contribution in [-0.2, 0) is 6.61 Å². The first-order chi connectivity index (χ1) is 9.69. The van der Waals surface area contributed by atoms with E-state index in [9.17, 15) is 4.39 Å². The molecule has 0 amide bonds. The van der Waals surface area contributed by atoms with E-state index < -0.39 is 0 Å². The summed E-state index contributed by atoms with van der Waals surface area (Å²) in [5, 5.41) is 3.08. The smallest absolute Gasteiger partial charge is 0.123 e. The summed E-state index contributed by atoms with van der Waals surface area (Å²) >= 11 is 0. The van der Waals surface area contributed by atoms with Crippen LogP contribution in [0.15, 0.2) is 55.1 Å². The molecule has 2 aromatic rings. The summed E-state index contributed by atoms with van der Waals surface area (Å²) in [6, 6.07) is 14.1. The van der Waals surface area contributed by atoms with Gasteiger partial charge in [-0.25, -0.2) is 4.39 Å². The van der Waals surface area contributed by atoms with Gasteiger partial charge in [0.05, 0.1) is 0 Å². The van der Waals surface area contributed by atoms with Crippen LogP contribution in [0.4, 0.5) is 4.39 Å². The third kappa shape index (κ3) is 3.93. The Morgan fingerprint density at radius 1 is 1.20 bits per heavy atom. The summed E-state index contributed by atoms with van der Waals surface area (Å²) in [5.41, 5.74) is 3.19. The first kappa shape index (κ1) is 14.3. The molecule has 1 N–H and O–H groups in total. The number of hydrogen-bond donors (Lipinski definition) is 1. The average molecular weight is 271 g/mol. The Hall–Kier alpha value is -2.13. The molecule has 0 saturated heterocycles. The molecule has 2 rings (SSSR count). The lowest BCUT2D eigenvalue weighted by atomic mass is 10.0. The lowest BCUT2D eigenvalue weighted by molar-refractivity contribution is 0.305. The van der Waals surface area contributed by atoms with E-state index in [-0.39, 0.29) is 5.82 Å². The van der Waals surface area contributed by atoms with E-state index in [0.717, 1.165) is 23.2 Å². The number of rotatable bonds is 6. The number of nitrogens with one attached hydrogen (secondary N) is 1. The van der Waals surface area contributed by atoms with E-state index in [4.69, 9.17) is 4.74 Å². The minimum atomic E-state index is -0.261. The maximum absolute atomic E-state index is 12.8. The Morgan fingerprint density at radius 2 is 1.95 bits per heavy atom. The molecule has 0 radical (unpaired) electrons. The van der Waals surface area contributed by atoms with Gasteiger partial charge in [0, 0.05) is 6.54 Å². The van der Waals surface area contributed by atoms with Crippen LogP contribution in [0, 0.1) is 5.82 Å². The Labute approximate surface area is 118 Å². The molecular weight excluding hydrogens is 253 g/mol. The summed E-state index contributed by atoms with van der Waals surface area (Å²) in [7, 11) is 1.90. The zero-order chi connectivity index (χ0) is 14.4. The quantitative estimate of drug-likeness (QED) is 0.866. The molecule has 0 heterocycles. The second-order valence-electron chi connectivity index (χ2n) is 4.58. The Bertz CT molecular complexity index is 578. The molecule has 0 spiro atoms. The Morgan fingerprint density at radius 3 is 2.65 bits per heavy atom. The molecule has 0 aliphatic carbocycles. The van der Waals surface area contributed by atoms with Crippen LogP contribution < -0.4 is 10.1 Å². The first-order valence-corrected chi connectivity index (χ1v) is 6.49. The van der Waals surface area contributed by atoms with Crippen molar-refractivity contribution in [2.24, 2.45) is 0 Å². The first-order valence-electron chi connectivity index (χ1n) is 6.49. The van der Waals surface area contributed by atoms with Gasteiger partial charge >= 0.3 is 0 Å². The van der Waals surface area contributed by atoms with Crippen molar-refractivity contribution in [1.82, 2.24) is 5.32 Å². The molecule has 0 aliphatic heterocycles. The molecule has 0 saturated carbocycles. The lowest BCUT2D eigenvalue weighted by Gasteiger charge is -2.09. The van der Waals surface area contributed by atoms with Crippen molar-refractivity contribution in [1.29, 1.82) is 0 Å². The third-order valence-corrected chi connectivity index (χ3v) is 2.94. The number of hydrogen-bond acceptors (Lipinski definition) is 2. The van der Waals surface area contributed by atoms with E-state index in [1.165, 1.54) is 12.1 Å². The summed E-state index contributed by atoms with van der Waals surface area (Å²) in [4.78, 5) is 0. The van der Waals surface area contributed by atoms with Crippen molar-refractivity contribution in [3.05, 3.63) is 72.1 Å². The fraction of sp³-hybridized carbons (Fsp3) is 0.176. The van der Waals surface area contributed by atoms with Crippen LogP contribution in [0.3, 0.4) is 0 Å². The summed E-state index contributed by atoms with van der Waals surface area (Å²) in [6.07, 6.45) is 0. The van der Waals surface area contributed by atoms with Crippen LogP contribution in [0.25, 0.3) is 5.57 Å². The average Bonchev–Trinajstić information content (AvgIpc) is 2.47. The normalized spacial score (nSPS) is 10.3. The van der Waals surface area contributed by atoms with Crippen LogP contribution in [0.5, 0.6) is 5.75 Å². The van der Waals surface area contributed by atoms with Crippen molar-refractivity contribution in [3.63, 3.8) is 0 Å². The number of benzene rings is 2. The van der Waals surface area contributed by atoms with Crippen molar-refractivity contribution in [2.75, 3.05) is 13.6 Å². The van der Waals surface area contributed by atoms with Gasteiger partial charge in [0.2, 0.25) is 0 Å². The standard InChI is InChI=1S/C17H18FNO/c1-13(11-19-2)15-5-3-4-14(10-15)12-20-17-8-6-16(18)7-9-17/h3-10,19H,1,11-12H2,2H3. The molecule has 0 aliphatic rings. The Kier molecular flexibility index (Phi) is 4.91. The molecule has 2 aromatic carbocycles. The summed E-state index contributed by atoms with van der Waals surface area (Å²) < 4.78 is 18.4. The number of halogens is 1. The molecule has 0 unspecified atom stereocenters.